The van der Waals surface area contributed by atoms with Gasteiger partial charge in [0.25, 0.3) is 0 Å². The van der Waals surface area contributed by atoms with Crippen molar-refractivity contribution in [3.63, 3.8) is 0 Å². The SMILES string of the molecule is CS[B]Cl. The van der Waals surface area contributed by atoms with Crippen molar-refractivity contribution in [2.75, 3.05) is 6.26 Å². The zero-order valence-corrected chi connectivity index (χ0v) is 3.94. The van der Waals surface area contributed by atoms with E-state index < -0.39 is 0 Å². The van der Waals surface area contributed by atoms with Crippen LogP contribution in [0.2, 0.25) is 0 Å². The van der Waals surface area contributed by atoms with Crippen molar-refractivity contribution in [3.8, 4) is 0 Å². The van der Waals surface area contributed by atoms with Crippen molar-refractivity contribution in [1.82, 2.24) is 0 Å². The Kier molecular flexibility index (Phi) is 4.36. The van der Waals surface area contributed by atoms with E-state index in [0.29, 0.717) is 0 Å². The van der Waals surface area contributed by atoms with E-state index in [4.69, 9.17) is 11.5 Å². The van der Waals surface area contributed by atoms with Crippen LogP contribution in [0.15, 0.2) is 0 Å². The third-order valence-corrected chi connectivity index (χ3v) is 0.802. The molecular formula is CH3BClS. The van der Waals surface area contributed by atoms with Gasteiger partial charge in [0.15, 0.2) is 0 Å². The first-order chi connectivity index (χ1) is 1.91. The molecule has 0 aromatic heterocycles. The molecule has 0 saturated heterocycles. The molecule has 0 spiro atoms. The van der Waals surface area contributed by atoms with Gasteiger partial charge in [0, 0.05) is 0 Å². The van der Waals surface area contributed by atoms with Gasteiger partial charge in [-0.25, -0.2) is 0 Å². The number of halogens is 1. The molecule has 4 heavy (non-hydrogen) atoms. The molecule has 0 aliphatic rings. The summed E-state index contributed by atoms with van der Waals surface area (Å²) in [5.74, 6) is 1.51. The van der Waals surface area contributed by atoms with Crippen molar-refractivity contribution in [2.45, 2.75) is 0 Å². The zero-order valence-electron chi connectivity index (χ0n) is 2.36. The quantitative estimate of drug-likeness (QED) is 0.438. The molecule has 0 rings (SSSR count). The average Bonchev–Trinajstić information content (AvgIpc) is 1.37. The molecule has 0 aliphatic carbocycles. The molecule has 0 unspecified atom stereocenters. The summed E-state index contributed by atoms with van der Waals surface area (Å²) < 4.78 is 0. The topological polar surface area (TPSA) is 0 Å². The van der Waals surface area contributed by atoms with Crippen molar-refractivity contribution < 1.29 is 0 Å². The lowest BCUT2D eigenvalue weighted by Gasteiger charge is -1.63. The minimum Gasteiger partial charge on any atom is -0.198 e. The van der Waals surface area contributed by atoms with E-state index in [1.807, 2.05) is 6.26 Å². The lowest BCUT2D eigenvalue weighted by atomic mass is 10.7. The lowest BCUT2D eigenvalue weighted by molar-refractivity contribution is 2.54. The van der Waals surface area contributed by atoms with Gasteiger partial charge in [0.1, 0.15) is 0 Å². The van der Waals surface area contributed by atoms with Gasteiger partial charge in [-0.3, -0.25) is 0 Å². The van der Waals surface area contributed by atoms with Gasteiger partial charge in [-0.1, -0.05) is 0 Å². The fourth-order valence-electron chi connectivity index (χ4n) is 0. The Hall–Kier alpha value is 0.705. The van der Waals surface area contributed by atoms with Gasteiger partial charge in [0.2, 0.25) is 0 Å². The van der Waals surface area contributed by atoms with Crippen LogP contribution in [0.1, 0.15) is 0 Å². The highest BCUT2D eigenvalue weighted by Crippen LogP contribution is 1.86. The van der Waals surface area contributed by atoms with E-state index in [1.54, 1.807) is 0 Å². The maximum Gasteiger partial charge on any atom is 0.313 e. The van der Waals surface area contributed by atoms with Crippen LogP contribution >= 0.6 is 23.1 Å². The van der Waals surface area contributed by atoms with Gasteiger partial charge in [-0.15, -0.1) is 0 Å². The van der Waals surface area contributed by atoms with Crippen molar-refractivity contribution in [1.29, 1.82) is 0 Å². The molecule has 0 atom stereocenters. The summed E-state index contributed by atoms with van der Waals surface area (Å²) in [5.41, 5.74) is 0. The second-order valence-corrected chi connectivity index (χ2v) is 1.51. The predicted molar refractivity (Wildman–Crippen MR) is 25.1 cm³/mol. The smallest absolute Gasteiger partial charge is 0.198 e. The molecule has 0 fully saturated rings. The first kappa shape index (κ1) is 4.70. The minimum atomic E-state index is 1.50. The van der Waals surface area contributed by atoms with Crippen LogP contribution in [0.3, 0.4) is 0 Å². The summed E-state index contributed by atoms with van der Waals surface area (Å²) >= 11 is 6.52. The second-order valence-electron chi connectivity index (χ2n) is 0.325. The Labute approximate surface area is 36.0 Å². The Morgan fingerprint density at radius 2 is 2.25 bits per heavy atom. The molecule has 0 N–H and O–H groups in total. The summed E-state index contributed by atoms with van der Waals surface area (Å²) in [4.78, 5) is 0. The fraction of sp³-hybridized carbons (Fsp3) is 1.00. The molecule has 0 saturated carbocycles. The molecule has 0 nitrogen and oxygen atoms in total. The Morgan fingerprint density at radius 1 is 2.00 bits per heavy atom. The van der Waals surface area contributed by atoms with E-state index in [1.165, 1.54) is 17.6 Å². The van der Waals surface area contributed by atoms with Crippen LogP contribution in [-0.2, 0) is 0 Å². The van der Waals surface area contributed by atoms with Gasteiger partial charge < -0.3 is 0 Å². The largest absolute Gasteiger partial charge is 0.313 e. The molecule has 1 radical (unpaired) electrons. The molecule has 3 heteroatoms. The standard InChI is InChI=1S/CH3BClS/c1-4-2-3/h1H3. The summed E-state index contributed by atoms with van der Waals surface area (Å²) in [5, 5.41) is 0. The van der Waals surface area contributed by atoms with E-state index in [-0.39, 0.29) is 0 Å². The number of hydrogen-bond acceptors (Lipinski definition) is 1. The van der Waals surface area contributed by atoms with Crippen LogP contribution in [0.4, 0.5) is 0 Å². The number of rotatable bonds is 1. The van der Waals surface area contributed by atoms with Crippen molar-refractivity contribution >= 4 is 29.0 Å². The highest BCUT2D eigenvalue weighted by Gasteiger charge is 1.65. The summed E-state index contributed by atoms with van der Waals surface area (Å²) in [6, 6.07) is 0. The van der Waals surface area contributed by atoms with E-state index >= 15 is 0 Å². The zero-order chi connectivity index (χ0) is 3.41. The van der Waals surface area contributed by atoms with Gasteiger partial charge in [-0.05, 0) is 6.26 Å². The van der Waals surface area contributed by atoms with Crippen LogP contribution in [0.5, 0.6) is 0 Å². The third kappa shape index (κ3) is 2.70. The Morgan fingerprint density at radius 3 is 2.25 bits per heavy atom. The molecule has 0 bridgehead atoms. The molecular weight excluding hydrogens is 90.3 g/mol. The molecule has 0 aromatic carbocycles. The molecule has 0 aromatic rings. The highest BCUT2D eigenvalue weighted by molar-refractivity contribution is 8.25. The molecule has 0 aliphatic heterocycles. The fourth-order valence-corrected chi connectivity index (χ4v) is 0. The van der Waals surface area contributed by atoms with Gasteiger partial charge in [0.05, 0.1) is 0 Å². The van der Waals surface area contributed by atoms with Gasteiger partial charge in [-0.2, -0.15) is 23.1 Å². The predicted octanol–water partition coefficient (Wildman–Crippen LogP) is 1.12. The van der Waals surface area contributed by atoms with Crippen LogP contribution in [0.25, 0.3) is 0 Å². The first-order valence-corrected chi connectivity index (χ1v) is 2.59. The van der Waals surface area contributed by atoms with Gasteiger partial charge >= 0.3 is 5.97 Å². The third-order valence-electron chi connectivity index (χ3n) is 0.0891. The Balaban J connectivity index is 1.97. The Bertz CT molecular complexity index is 10.0. The summed E-state index contributed by atoms with van der Waals surface area (Å²) in [7, 11) is 0. The first-order valence-electron chi connectivity index (χ1n) is 0.862. The van der Waals surface area contributed by atoms with Crippen molar-refractivity contribution in [3.05, 3.63) is 0 Å². The van der Waals surface area contributed by atoms with Crippen LogP contribution < -0.4 is 0 Å². The van der Waals surface area contributed by atoms with E-state index in [2.05, 4.69) is 0 Å². The maximum atomic E-state index is 5.02. The monoisotopic (exact) mass is 93.0 g/mol. The second kappa shape index (κ2) is 3.70. The molecule has 0 heterocycles. The van der Waals surface area contributed by atoms with Crippen LogP contribution in [0, 0.1) is 0 Å². The normalized spacial score (nSPS) is 6.50. The maximum absolute atomic E-state index is 5.02. The summed E-state index contributed by atoms with van der Waals surface area (Å²) in [6.45, 7) is 0. The number of hydrogen-bond donors (Lipinski definition) is 0. The lowest BCUT2D eigenvalue weighted by Crippen LogP contribution is -1.53. The van der Waals surface area contributed by atoms with E-state index in [0.717, 1.165) is 0 Å². The van der Waals surface area contributed by atoms with E-state index in [9.17, 15) is 0 Å². The molecule has 23 valence electrons. The molecule has 0 amide bonds. The minimum absolute atomic E-state index is 1.50. The average molecular weight is 93.4 g/mol. The highest BCUT2D eigenvalue weighted by atomic mass is 35.5. The van der Waals surface area contributed by atoms with Crippen LogP contribution in [-0.4, -0.2) is 12.2 Å². The van der Waals surface area contributed by atoms with Crippen molar-refractivity contribution in [2.24, 2.45) is 0 Å². The summed E-state index contributed by atoms with van der Waals surface area (Å²) in [6.07, 6.45) is 1.91.